The van der Waals surface area contributed by atoms with Gasteiger partial charge >= 0.3 is 6.16 Å². The molecule has 0 saturated heterocycles. The molecule has 4 heteroatoms. The van der Waals surface area contributed by atoms with Crippen molar-refractivity contribution in [3.8, 4) is 11.8 Å². The minimum Gasteiger partial charge on any atom is -0.430 e. The number of hydrogen-bond donors (Lipinski definition) is 0. The van der Waals surface area contributed by atoms with Gasteiger partial charge in [-0.2, -0.15) is 5.26 Å². The van der Waals surface area contributed by atoms with Crippen LogP contribution in [0.5, 0.6) is 5.75 Å². The van der Waals surface area contributed by atoms with Crippen LogP contribution in [0.2, 0.25) is 0 Å². The van der Waals surface area contributed by atoms with Gasteiger partial charge in [-0.05, 0) is 115 Å². The lowest BCUT2D eigenvalue weighted by atomic mass is 9.47. The first-order valence-electron chi connectivity index (χ1n) is 16.7. The summed E-state index contributed by atoms with van der Waals surface area (Å²) in [6, 6.07) is 9.55. The van der Waals surface area contributed by atoms with Gasteiger partial charge < -0.3 is 9.47 Å². The summed E-state index contributed by atoms with van der Waals surface area (Å²) in [4.78, 5) is 12.6. The Morgan fingerprint density at radius 1 is 1.02 bits per heavy atom. The fourth-order valence-electron chi connectivity index (χ4n) is 9.93. The Hall–Kier alpha value is -2.28. The number of allylic oxidation sites excluding steroid dienone is 1. The van der Waals surface area contributed by atoms with Gasteiger partial charge in [-0.3, -0.25) is 0 Å². The zero-order chi connectivity index (χ0) is 29.2. The summed E-state index contributed by atoms with van der Waals surface area (Å²) in [6.07, 6.45) is 16.9. The van der Waals surface area contributed by atoms with E-state index in [2.05, 4.69) is 46.8 Å². The monoisotopic (exact) mass is 559 g/mol. The van der Waals surface area contributed by atoms with Gasteiger partial charge in [-0.1, -0.05) is 77.7 Å². The van der Waals surface area contributed by atoms with Gasteiger partial charge in [0.15, 0.2) is 0 Å². The highest BCUT2D eigenvalue weighted by Crippen LogP contribution is 2.67. The summed E-state index contributed by atoms with van der Waals surface area (Å²) in [5, 5.41) is 8.77. The number of hydrogen-bond acceptors (Lipinski definition) is 4. The smallest absolute Gasteiger partial charge is 0.430 e. The first-order valence-corrected chi connectivity index (χ1v) is 16.7. The standard InChI is InChI=1S/C37H53NO3/c1-25(2)8-6-9-26(3)32-17-18-33-31-16-13-28-24-30(19-21-36(28,4)34(31)20-22-37(32,33)5)41-35(39)40-29-14-11-27(12-15-29)10-7-23-38/h11-15,25-26,30-34H,6-10,16-22,24H2,1-5H3/t26-,30-,31+,32-,33+,34+,36+,37-/m1/s1. The van der Waals surface area contributed by atoms with Crippen molar-refractivity contribution in [3.05, 3.63) is 41.5 Å². The van der Waals surface area contributed by atoms with E-state index >= 15 is 0 Å². The first kappa shape index (κ1) is 30.2. The molecule has 5 rings (SSSR count). The molecule has 4 aliphatic carbocycles. The van der Waals surface area contributed by atoms with Crippen LogP contribution in [0.25, 0.3) is 0 Å². The number of benzene rings is 1. The van der Waals surface area contributed by atoms with E-state index in [9.17, 15) is 4.79 Å². The Bertz CT molecular complexity index is 1130. The molecule has 8 atom stereocenters. The van der Waals surface area contributed by atoms with Gasteiger partial charge in [-0.15, -0.1) is 0 Å². The first-order chi connectivity index (χ1) is 19.6. The minimum atomic E-state index is -0.606. The molecule has 0 unspecified atom stereocenters. The fraction of sp³-hybridized carbons (Fsp3) is 0.730. The maximum absolute atomic E-state index is 12.6. The van der Waals surface area contributed by atoms with Crippen LogP contribution in [0.15, 0.2) is 35.9 Å². The van der Waals surface area contributed by atoms with Gasteiger partial charge in [0, 0.05) is 12.8 Å². The summed E-state index contributed by atoms with van der Waals surface area (Å²) < 4.78 is 11.3. The lowest BCUT2D eigenvalue weighted by Gasteiger charge is -2.58. The molecule has 0 spiro atoms. The number of ether oxygens (including phenoxy) is 2. The van der Waals surface area contributed by atoms with Gasteiger partial charge in [0.25, 0.3) is 0 Å². The number of nitrogens with zero attached hydrogens (tertiary/aromatic N) is 1. The molecule has 1 aromatic rings. The molecular formula is C37H53NO3. The van der Waals surface area contributed by atoms with Crippen molar-refractivity contribution in [1.82, 2.24) is 0 Å². The molecule has 0 amide bonds. The van der Waals surface area contributed by atoms with Crippen LogP contribution in [0.4, 0.5) is 4.79 Å². The van der Waals surface area contributed by atoms with Gasteiger partial charge in [0.05, 0.1) is 6.07 Å². The van der Waals surface area contributed by atoms with Crippen LogP contribution < -0.4 is 4.74 Å². The third-order valence-electron chi connectivity index (χ3n) is 12.2. The summed E-state index contributed by atoms with van der Waals surface area (Å²) in [6.45, 7) is 12.5. The molecule has 0 heterocycles. The summed E-state index contributed by atoms with van der Waals surface area (Å²) in [7, 11) is 0. The maximum atomic E-state index is 12.6. The van der Waals surface area contributed by atoms with Gasteiger partial charge in [-0.25, -0.2) is 4.79 Å². The molecule has 41 heavy (non-hydrogen) atoms. The summed E-state index contributed by atoms with van der Waals surface area (Å²) in [5.41, 5.74) is 3.35. The number of nitriles is 1. The number of aryl methyl sites for hydroxylation is 1. The average Bonchev–Trinajstić information content (AvgIpc) is 3.30. The third-order valence-corrected chi connectivity index (χ3v) is 12.2. The number of fused-ring (bicyclic) bond motifs is 5. The molecular weight excluding hydrogens is 506 g/mol. The maximum Gasteiger partial charge on any atom is 0.514 e. The van der Waals surface area contributed by atoms with E-state index in [0.29, 0.717) is 24.0 Å². The van der Waals surface area contributed by atoms with Crippen molar-refractivity contribution >= 4 is 6.16 Å². The summed E-state index contributed by atoms with van der Waals surface area (Å²) in [5.74, 6) is 5.49. The Morgan fingerprint density at radius 3 is 2.54 bits per heavy atom. The van der Waals surface area contributed by atoms with E-state index in [1.807, 2.05) is 12.1 Å². The Kier molecular flexibility index (Phi) is 9.22. The van der Waals surface area contributed by atoms with E-state index in [1.165, 1.54) is 56.9 Å². The van der Waals surface area contributed by atoms with Gasteiger partial charge in [0.2, 0.25) is 0 Å². The zero-order valence-electron chi connectivity index (χ0n) is 26.3. The highest BCUT2D eigenvalue weighted by atomic mass is 16.7. The Balaban J connectivity index is 1.18. The molecule has 1 aromatic carbocycles. The van der Waals surface area contributed by atoms with Gasteiger partial charge in [0.1, 0.15) is 11.9 Å². The summed E-state index contributed by atoms with van der Waals surface area (Å²) >= 11 is 0. The van der Waals surface area contributed by atoms with E-state index < -0.39 is 6.16 Å². The van der Waals surface area contributed by atoms with Crippen molar-refractivity contribution < 1.29 is 14.3 Å². The molecule has 0 aromatic heterocycles. The molecule has 3 fully saturated rings. The second-order valence-corrected chi connectivity index (χ2v) is 14.9. The third kappa shape index (κ3) is 6.25. The molecule has 4 aliphatic rings. The topological polar surface area (TPSA) is 59.3 Å². The number of rotatable bonds is 9. The van der Waals surface area contributed by atoms with E-state index in [4.69, 9.17) is 14.7 Å². The Labute approximate surface area is 249 Å². The van der Waals surface area contributed by atoms with Crippen LogP contribution in [-0.2, 0) is 11.2 Å². The molecule has 0 N–H and O–H groups in total. The molecule has 3 saturated carbocycles. The second-order valence-electron chi connectivity index (χ2n) is 14.9. The van der Waals surface area contributed by atoms with Crippen molar-refractivity contribution in [2.24, 2.45) is 46.3 Å². The predicted molar refractivity (Wildman–Crippen MR) is 164 cm³/mol. The lowest BCUT2D eigenvalue weighted by Crippen LogP contribution is -2.51. The van der Waals surface area contributed by atoms with Crippen LogP contribution in [0.1, 0.15) is 117 Å². The zero-order valence-corrected chi connectivity index (χ0v) is 26.3. The average molecular weight is 560 g/mol. The van der Waals surface area contributed by atoms with Crippen LogP contribution in [0, 0.1) is 57.7 Å². The Morgan fingerprint density at radius 2 is 1.80 bits per heavy atom. The van der Waals surface area contributed by atoms with E-state index in [0.717, 1.165) is 60.3 Å². The van der Waals surface area contributed by atoms with Crippen LogP contribution >= 0.6 is 0 Å². The predicted octanol–water partition coefficient (Wildman–Crippen LogP) is 10.1. The quantitative estimate of drug-likeness (QED) is 0.172. The van der Waals surface area contributed by atoms with Crippen molar-refractivity contribution in [2.75, 3.05) is 0 Å². The highest BCUT2D eigenvalue weighted by Gasteiger charge is 2.59. The fourth-order valence-corrected chi connectivity index (χ4v) is 9.93. The highest BCUT2D eigenvalue weighted by molar-refractivity contribution is 5.64. The normalized spacial score (nSPS) is 35.0. The SMILES string of the molecule is CC(C)CCC[C@@H](C)[C@H]1CC[C@H]2[C@@H]3CC=C4C[C@H](OC(=O)Oc5ccc(CCC#N)cc5)CC[C@]4(C)[C@H]3CC[C@]12C. The van der Waals surface area contributed by atoms with E-state index in [-0.39, 0.29) is 11.5 Å². The lowest BCUT2D eigenvalue weighted by molar-refractivity contribution is -0.0597. The molecule has 0 bridgehead atoms. The van der Waals surface area contributed by atoms with Crippen molar-refractivity contribution in [3.63, 3.8) is 0 Å². The van der Waals surface area contributed by atoms with Crippen LogP contribution in [0.3, 0.4) is 0 Å². The van der Waals surface area contributed by atoms with Crippen LogP contribution in [-0.4, -0.2) is 12.3 Å². The van der Waals surface area contributed by atoms with E-state index in [1.54, 1.807) is 12.1 Å². The molecule has 0 aliphatic heterocycles. The minimum absolute atomic E-state index is 0.107. The molecule has 4 nitrogen and oxygen atoms in total. The number of carbonyl (C=O) groups excluding carboxylic acids is 1. The molecule has 0 radical (unpaired) electrons. The second kappa shape index (κ2) is 12.5. The van der Waals surface area contributed by atoms with Crippen molar-refractivity contribution in [1.29, 1.82) is 5.26 Å². The number of carbonyl (C=O) groups is 1. The van der Waals surface area contributed by atoms with Crippen molar-refractivity contribution in [2.45, 2.75) is 124 Å². The largest absolute Gasteiger partial charge is 0.514 e. The molecule has 224 valence electrons.